The lowest BCUT2D eigenvalue weighted by molar-refractivity contribution is -0.128. The second kappa shape index (κ2) is 9.81. The van der Waals surface area contributed by atoms with E-state index >= 15 is 0 Å². The van der Waals surface area contributed by atoms with Gasteiger partial charge in [-0.3, -0.25) is 19.6 Å². The number of hydrogen-bond acceptors (Lipinski definition) is 5. The van der Waals surface area contributed by atoms with Gasteiger partial charge in [0.25, 0.3) is 5.91 Å². The number of benzene rings is 1. The zero-order valence-electron chi connectivity index (χ0n) is 19.0. The van der Waals surface area contributed by atoms with Crippen LogP contribution < -0.4 is 10.6 Å². The van der Waals surface area contributed by atoms with Crippen molar-refractivity contribution in [1.82, 2.24) is 20.2 Å². The molecule has 0 aliphatic carbocycles. The zero-order chi connectivity index (χ0) is 23.3. The number of piperidine rings is 1. The summed E-state index contributed by atoms with van der Waals surface area (Å²) in [6.07, 6.45) is 6.64. The van der Waals surface area contributed by atoms with Crippen LogP contribution in [0.5, 0.6) is 0 Å². The van der Waals surface area contributed by atoms with Gasteiger partial charge in [0.15, 0.2) is 0 Å². The normalized spacial score (nSPS) is 17.9. The predicted molar refractivity (Wildman–Crippen MR) is 128 cm³/mol. The first-order valence-electron chi connectivity index (χ1n) is 11.2. The van der Waals surface area contributed by atoms with Gasteiger partial charge in [-0.15, -0.1) is 0 Å². The van der Waals surface area contributed by atoms with Crippen molar-refractivity contribution in [3.63, 3.8) is 0 Å². The topological polar surface area (TPSA) is 87.2 Å². The third-order valence-electron chi connectivity index (χ3n) is 6.29. The van der Waals surface area contributed by atoms with Gasteiger partial charge in [0.1, 0.15) is 5.41 Å². The maximum Gasteiger partial charge on any atom is 0.253 e. The van der Waals surface area contributed by atoms with Crippen LogP contribution in [0.25, 0.3) is 0 Å². The molecule has 7 heteroatoms. The second-order valence-electron chi connectivity index (χ2n) is 8.45. The molecule has 3 aromatic rings. The van der Waals surface area contributed by atoms with Crippen LogP contribution in [-0.4, -0.2) is 46.8 Å². The van der Waals surface area contributed by atoms with E-state index in [1.165, 1.54) is 0 Å². The molecule has 2 aromatic heterocycles. The number of nitrogens with one attached hydrogen (secondary N) is 2. The van der Waals surface area contributed by atoms with E-state index in [-0.39, 0.29) is 11.8 Å². The molecule has 1 atom stereocenters. The highest BCUT2D eigenvalue weighted by Crippen LogP contribution is 2.34. The molecule has 2 N–H and O–H groups in total. The lowest BCUT2D eigenvalue weighted by Gasteiger charge is -2.41. The minimum atomic E-state index is -0.851. The summed E-state index contributed by atoms with van der Waals surface area (Å²) < 4.78 is 0. The molecule has 0 saturated carbocycles. The summed E-state index contributed by atoms with van der Waals surface area (Å²) >= 11 is 0. The second-order valence-corrected chi connectivity index (χ2v) is 8.45. The van der Waals surface area contributed by atoms with Crippen LogP contribution in [0.15, 0.2) is 67.1 Å². The number of aromatic nitrogens is 2. The minimum Gasteiger partial charge on any atom is -0.381 e. The number of hydrogen-bond donors (Lipinski definition) is 2. The number of carbonyl (C=O) groups excluding carboxylic acids is 2. The summed E-state index contributed by atoms with van der Waals surface area (Å²) in [5, 5.41) is 6.20. The molecule has 170 valence electrons. The van der Waals surface area contributed by atoms with E-state index in [0.717, 1.165) is 23.2 Å². The van der Waals surface area contributed by atoms with Crippen LogP contribution >= 0.6 is 0 Å². The Hall–Kier alpha value is -3.74. The summed E-state index contributed by atoms with van der Waals surface area (Å²) in [6.45, 7) is 3.54. The molecule has 7 nitrogen and oxygen atoms in total. The first-order valence-corrected chi connectivity index (χ1v) is 11.2. The molecule has 1 saturated heterocycles. The number of likely N-dealkylation sites (tertiary alicyclic amines) is 1. The number of carbonyl (C=O) groups is 2. The Morgan fingerprint density at radius 2 is 2.00 bits per heavy atom. The Morgan fingerprint density at radius 1 is 1.12 bits per heavy atom. The Morgan fingerprint density at radius 3 is 2.73 bits per heavy atom. The van der Waals surface area contributed by atoms with E-state index in [9.17, 15) is 9.59 Å². The summed E-state index contributed by atoms with van der Waals surface area (Å²) in [6, 6.07) is 15.2. The quantitative estimate of drug-likeness (QED) is 0.610. The number of amides is 2. The molecule has 1 unspecified atom stereocenters. The first-order chi connectivity index (χ1) is 16.0. The van der Waals surface area contributed by atoms with Crippen LogP contribution in [0.1, 0.15) is 40.0 Å². The fourth-order valence-electron chi connectivity index (χ4n) is 4.45. The SMILES string of the molecule is CNC(=O)C1(c2ccccn2)CCCN(C(=O)c2ccc(C)c(NCc3cccnc3)c2)C1. The molecular formula is C26H29N5O2. The van der Waals surface area contributed by atoms with Crippen molar-refractivity contribution in [3.05, 3.63) is 89.5 Å². The standard InChI is InChI=1S/C26H29N5O2/c1-19-9-10-21(15-22(19)30-17-20-7-5-12-28-16-20)24(32)31-14-6-11-26(18-31,25(33)27-2)23-8-3-4-13-29-23/h3-5,7-10,12-13,15-16,30H,6,11,14,17-18H2,1-2H3,(H,27,33). The molecule has 0 spiro atoms. The highest BCUT2D eigenvalue weighted by molar-refractivity contribution is 5.96. The van der Waals surface area contributed by atoms with Gasteiger partial charge < -0.3 is 15.5 Å². The van der Waals surface area contributed by atoms with Gasteiger partial charge in [0, 0.05) is 56.5 Å². The number of pyridine rings is 2. The van der Waals surface area contributed by atoms with E-state index in [0.29, 0.717) is 37.3 Å². The summed E-state index contributed by atoms with van der Waals surface area (Å²) in [7, 11) is 1.63. The van der Waals surface area contributed by atoms with Gasteiger partial charge in [-0.05, 0) is 61.2 Å². The first kappa shape index (κ1) is 22.5. The largest absolute Gasteiger partial charge is 0.381 e. The molecular weight excluding hydrogens is 414 g/mol. The molecule has 0 bridgehead atoms. The summed E-state index contributed by atoms with van der Waals surface area (Å²) in [5.74, 6) is -0.190. The average Bonchev–Trinajstić information content (AvgIpc) is 2.88. The third kappa shape index (κ3) is 4.72. The number of aryl methyl sites for hydroxylation is 1. The van der Waals surface area contributed by atoms with Crippen LogP contribution in [0.4, 0.5) is 5.69 Å². The Balaban J connectivity index is 1.56. The Bertz CT molecular complexity index is 1120. The van der Waals surface area contributed by atoms with Gasteiger partial charge in [-0.25, -0.2) is 0 Å². The van der Waals surface area contributed by atoms with E-state index in [2.05, 4.69) is 20.6 Å². The van der Waals surface area contributed by atoms with Crippen molar-refractivity contribution < 1.29 is 9.59 Å². The van der Waals surface area contributed by atoms with E-state index in [1.54, 1.807) is 24.3 Å². The monoisotopic (exact) mass is 443 g/mol. The molecule has 1 aliphatic heterocycles. The van der Waals surface area contributed by atoms with Gasteiger partial charge in [0.2, 0.25) is 5.91 Å². The molecule has 33 heavy (non-hydrogen) atoms. The van der Waals surface area contributed by atoms with Crippen molar-refractivity contribution in [2.75, 3.05) is 25.5 Å². The lowest BCUT2D eigenvalue weighted by atomic mass is 9.75. The van der Waals surface area contributed by atoms with Gasteiger partial charge in [-0.1, -0.05) is 18.2 Å². The third-order valence-corrected chi connectivity index (χ3v) is 6.29. The van der Waals surface area contributed by atoms with Crippen molar-refractivity contribution in [1.29, 1.82) is 0 Å². The van der Waals surface area contributed by atoms with Crippen molar-refractivity contribution in [2.45, 2.75) is 31.7 Å². The number of likely N-dealkylation sites (N-methyl/N-ethyl adjacent to an activating group) is 1. The smallest absolute Gasteiger partial charge is 0.253 e. The van der Waals surface area contributed by atoms with E-state index in [4.69, 9.17) is 0 Å². The molecule has 2 amide bonds. The van der Waals surface area contributed by atoms with Gasteiger partial charge in [0.05, 0.1) is 5.69 Å². The van der Waals surface area contributed by atoms with Crippen molar-refractivity contribution in [2.24, 2.45) is 0 Å². The predicted octanol–water partition coefficient (Wildman–Crippen LogP) is 3.32. The van der Waals surface area contributed by atoms with E-state index in [1.807, 2.05) is 61.7 Å². The molecule has 1 fully saturated rings. The number of nitrogens with zero attached hydrogens (tertiary/aromatic N) is 3. The molecule has 0 radical (unpaired) electrons. The Kier molecular flexibility index (Phi) is 6.68. The number of rotatable bonds is 6. The van der Waals surface area contributed by atoms with Crippen LogP contribution in [0.3, 0.4) is 0 Å². The lowest BCUT2D eigenvalue weighted by Crippen LogP contribution is -2.56. The summed E-state index contributed by atoms with van der Waals surface area (Å²) in [5.41, 5.74) is 3.48. The molecule has 3 heterocycles. The highest BCUT2D eigenvalue weighted by Gasteiger charge is 2.45. The number of anilines is 1. The highest BCUT2D eigenvalue weighted by atomic mass is 16.2. The molecule has 1 aliphatic rings. The van der Waals surface area contributed by atoms with Crippen molar-refractivity contribution >= 4 is 17.5 Å². The van der Waals surface area contributed by atoms with Crippen molar-refractivity contribution in [3.8, 4) is 0 Å². The fourth-order valence-corrected chi connectivity index (χ4v) is 4.45. The van der Waals surface area contributed by atoms with E-state index < -0.39 is 5.41 Å². The minimum absolute atomic E-state index is 0.0802. The van der Waals surface area contributed by atoms with Gasteiger partial charge >= 0.3 is 0 Å². The maximum atomic E-state index is 13.5. The van der Waals surface area contributed by atoms with Crippen LogP contribution in [0.2, 0.25) is 0 Å². The zero-order valence-corrected chi connectivity index (χ0v) is 19.0. The van der Waals surface area contributed by atoms with Gasteiger partial charge in [-0.2, -0.15) is 0 Å². The molecule has 1 aromatic carbocycles. The van der Waals surface area contributed by atoms with Crippen LogP contribution in [-0.2, 0) is 16.8 Å². The fraction of sp³-hybridized carbons (Fsp3) is 0.308. The molecule has 4 rings (SSSR count). The Labute approximate surface area is 194 Å². The summed E-state index contributed by atoms with van der Waals surface area (Å²) in [4.78, 5) is 36.9. The maximum absolute atomic E-state index is 13.5. The average molecular weight is 444 g/mol. The van der Waals surface area contributed by atoms with Crippen LogP contribution in [0, 0.1) is 6.92 Å².